The zero-order chi connectivity index (χ0) is 20.1. The van der Waals surface area contributed by atoms with Gasteiger partial charge in [0.2, 0.25) is 0 Å². The normalized spacial score (nSPS) is 18.1. The van der Waals surface area contributed by atoms with E-state index in [1.807, 2.05) is 0 Å². The largest absolute Gasteiger partial charge is 0.573 e. The van der Waals surface area contributed by atoms with Crippen molar-refractivity contribution in [1.29, 1.82) is 0 Å². The van der Waals surface area contributed by atoms with Crippen LogP contribution in [0.2, 0.25) is 0 Å². The molecular formula is C18H15F3N4O3. The van der Waals surface area contributed by atoms with Crippen molar-refractivity contribution in [2.75, 3.05) is 10.6 Å². The van der Waals surface area contributed by atoms with Gasteiger partial charge in [0.05, 0.1) is 5.69 Å². The Kier molecular flexibility index (Phi) is 3.95. The molecule has 2 fully saturated rings. The maximum atomic E-state index is 12.9. The number of halogens is 3. The number of hydrogen-bond acceptors (Lipinski definition) is 5. The number of anilines is 2. The maximum Gasteiger partial charge on any atom is 0.573 e. The lowest BCUT2D eigenvalue weighted by atomic mass is 10.2. The molecule has 1 aliphatic heterocycles. The fourth-order valence-electron chi connectivity index (χ4n) is 3.34. The molecule has 1 spiro atoms. The van der Waals surface area contributed by atoms with Gasteiger partial charge in [-0.05, 0) is 54.8 Å². The summed E-state index contributed by atoms with van der Waals surface area (Å²) < 4.78 is 40.7. The van der Waals surface area contributed by atoms with Gasteiger partial charge in [-0.15, -0.1) is 13.2 Å². The van der Waals surface area contributed by atoms with E-state index in [-0.39, 0.29) is 18.1 Å². The molecule has 1 aromatic heterocycles. The molecule has 2 N–H and O–H groups in total. The van der Waals surface area contributed by atoms with E-state index in [4.69, 9.17) is 5.73 Å². The van der Waals surface area contributed by atoms with Gasteiger partial charge in [0, 0.05) is 12.7 Å². The molecule has 0 unspecified atom stereocenters. The van der Waals surface area contributed by atoms with Gasteiger partial charge in [0.15, 0.2) is 0 Å². The quantitative estimate of drug-likeness (QED) is 0.808. The number of nitrogen functional groups attached to an aromatic ring is 1. The average Bonchev–Trinajstić information content (AvgIpc) is 3.38. The number of amides is 3. The lowest BCUT2D eigenvalue weighted by molar-refractivity contribution is -0.274. The molecule has 3 amide bonds. The third kappa shape index (κ3) is 3.10. The molecule has 0 radical (unpaired) electrons. The fourth-order valence-corrected chi connectivity index (χ4v) is 3.34. The Morgan fingerprint density at radius 2 is 1.82 bits per heavy atom. The first-order valence-electron chi connectivity index (χ1n) is 8.42. The third-order valence-electron chi connectivity index (χ3n) is 4.78. The maximum absolute atomic E-state index is 12.9. The second kappa shape index (κ2) is 6.11. The SMILES string of the molecule is Nc1cc(CN2C(=O)N(c3ccc(OC(F)(F)F)cc3)C(=O)C23CC3)ccn1. The molecule has 28 heavy (non-hydrogen) atoms. The van der Waals surface area contributed by atoms with Crippen LogP contribution in [-0.2, 0) is 11.3 Å². The van der Waals surface area contributed by atoms with E-state index in [1.54, 1.807) is 12.1 Å². The number of nitrogens with two attached hydrogens (primary N) is 1. The second-order valence-corrected chi connectivity index (χ2v) is 6.67. The molecule has 2 aromatic rings. The number of urea groups is 1. The molecule has 1 aliphatic carbocycles. The van der Waals surface area contributed by atoms with E-state index < -0.39 is 23.7 Å². The van der Waals surface area contributed by atoms with Gasteiger partial charge in [-0.25, -0.2) is 14.7 Å². The Morgan fingerprint density at radius 3 is 2.39 bits per heavy atom. The summed E-state index contributed by atoms with van der Waals surface area (Å²) in [7, 11) is 0. The summed E-state index contributed by atoms with van der Waals surface area (Å²) in [6, 6.07) is 7.43. The van der Waals surface area contributed by atoms with E-state index in [1.165, 1.54) is 23.2 Å². The van der Waals surface area contributed by atoms with Crippen LogP contribution in [0.15, 0.2) is 42.6 Å². The van der Waals surface area contributed by atoms with Crippen LogP contribution in [0, 0.1) is 0 Å². The first-order valence-corrected chi connectivity index (χ1v) is 8.42. The fraction of sp³-hybridized carbons (Fsp3) is 0.278. The number of carbonyl (C=O) groups excluding carboxylic acids is 2. The van der Waals surface area contributed by atoms with Crippen LogP contribution in [0.3, 0.4) is 0 Å². The summed E-state index contributed by atoms with van der Waals surface area (Å²) in [5.74, 6) is -0.512. The highest BCUT2D eigenvalue weighted by atomic mass is 19.4. The van der Waals surface area contributed by atoms with Crippen LogP contribution in [0.25, 0.3) is 0 Å². The van der Waals surface area contributed by atoms with Crippen molar-refractivity contribution in [2.24, 2.45) is 0 Å². The molecule has 7 nitrogen and oxygen atoms in total. The summed E-state index contributed by atoms with van der Waals surface area (Å²) in [5, 5.41) is 0. The Bertz CT molecular complexity index is 942. The highest BCUT2D eigenvalue weighted by Gasteiger charge is 2.65. The van der Waals surface area contributed by atoms with E-state index in [9.17, 15) is 22.8 Å². The van der Waals surface area contributed by atoms with Crippen LogP contribution >= 0.6 is 0 Å². The summed E-state index contributed by atoms with van der Waals surface area (Å²) in [6.07, 6.45) is -2.24. The van der Waals surface area contributed by atoms with Gasteiger partial charge in [-0.3, -0.25) is 4.79 Å². The van der Waals surface area contributed by atoms with Crippen LogP contribution in [0.1, 0.15) is 18.4 Å². The predicted octanol–water partition coefficient (Wildman–Crippen LogP) is 3.06. The molecule has 1 saturated heterocycles. The molecule has 10 heteroatoms. The first-order chi connectivity index (χ1) is 13.2. The lowest BCUT2D eigenvalue weighted by Gasteiger charge is -2.21. The Hall–Kier alpha value is -3.30. The number of hydrogen-bond donors (Lipinski definition) is 1. The summed E-state index contributed by atoms with van der Waals surface area (Å²) in [4.78, 5) is 32.2. The summed E-state index contributed by atoms with van der Waals surface area (Å²) in [6.45, 7) is 0.184. The predicted molar refractivity (Wildman–Crippen MR) is 92.2 cm³/mol. The van der Waals surface area contributed by atoms with Crippen molar-refractivity contribution in [1.82, 2.24) is 9.88 Å². The molecular weight excluding hydrogens is 377 g/mol. The summed E-state index contributed by atoms with van der Waals surface area (Å²) in [5.41, 5.74) is 5.68. The summed E-state index contributed by atoms with van der Waals surface area (Å²) >= 11 is 0. The average molecular weight is 392 g/mol. The van der Waals surface area contributed by atoms with Crippen LogP contribution in [0.4, 0.5) is 29.5 Å². The van der Waals surface area contributed by atoms with Crippen molar-refractivity contribution in [3.8, 4) is 5.75 Å². The number of benzene rings is 1. The van der Waals surface area contributed by atoms with E-state index >= 15 is 0 Å². The van der Waals surface area contributed by atoms with E-state index in [2.05, 4.69) is 9.72 Å². The van der Waals surface area contributed by atoms with Gasteiger partial charge in [0.25, 0.3) is 5.91 Å². The number of nitrogens with zero attached hydrogens (tertiary/aromatic N) is 3. The minimum Gasteiger partial charge on any atom is -0.406 e. The molecule has 4 rings (SSSR count). The zero-order valence-electron chi connectivity index (χ0n) is 14.4. The van der Waals surface area contributed by atoms with Crippen molar-refractivity contribution < 1.29 is 27.5 Å². The highest BCUT2D eigenvalue weighted by Crippen LogP contribution is 2.49. The van der Waals surface area contributed by atoms with Gasteiger partial charge >= 0.3 is 12.4 Å². The number of rotatable bonds is 4. The molecule has 146 valence electrons. The highest BCUT2D eigenvalue weighted by molar-refractivity contribution is 6.24. The molecule has 1 saturated carbocycles. The lowest BCUT2D eigenvalue weighted by Crippen LogP contribution is -2.36. The van der Waals surface area contributed by atoms with Crippen molar-refractivity contribution in [2.45, 2.75) is 31.3 Å². The van der Waals surface area contributed by atoms with E-state index in [0.29, 0.717) is 18.7 Å². The van der Waals surface area contributed by atoms with Crippen LogP contribution in [-0.4, -0.2) is 33.7 Å². The van der Waals surface area contributed by atoms with Gasteiger partial charge in [-0.2, -0.15) is 0 Å². The third-order valence-corrected chi connectivity index (χ3v) is 4.78. The van der Waals surface area contributed by atoms with E-state index in [0.717, 1.165) is 22.6 Å². The number of ether oxygens (including phenoxy) is 1. The smallest absolute Gasteiger partial charge is 0.406 e. The minimum absolute atomic E-state index is 0.184. The van der Waals surface area contributed by atoms with Crippen molar-refractivity contribution in [3.05, 3.63) is 48.2 Å². The molecule has 2 aliphatic rings. The number of pyridine rings is 1. The first kappa shape index (κ1) is 18.1. The van der Waals surface area contributed by atoms with Gasteiger partial charge in [-0.1, -0.05) is 0 Å². The standard InChI is InChI=1S/C18H15F3N4O3/c19-18(20,21)28-13-3-1-12(2-4-13)25-15(26)17(6-7-17)24(16(25)27)10-11-5-8-23-14(22)9-11/h1-5,8-9H,6-7,10H2,(H2,22,23). The van der Waals surface area contributed by atoms with Gasteiger partial charge < -0.3 is 15.4 Å². The molecule has 2 heterocycles. The monoisotopic (exact) mass is 392 g/mol. The number of carbonyl (C=O) groups is 2. The Morgan fingerprint density at radius 1 is 1.14 bits per heavy atom. The molecule has 0 bridgehead atoms. The molecule has 1 aromatic carbocycles. The molecule has 0 atom stereocenters. The second-order valence-electron chi connectivity index (χ2n) is 6.67. The van der Waals surface area contributed by atoms with Crippen molar-refractivity contribution >= 4 is 23.4 Å². The van der Waals surface area contributed by atoms with Gasteiger partial charge in [0.1, 0.15) is 17.1 Å². The number of aromatic nitrogens is 1. The van der Waals surface area contributed by atoms with Crippen molar-refractivity contribution in [3.63, 3.8) is 0 Å². The zero-order valence-corrected chi connectivity index (χ0v) is 14.4. The van der Waals surface area contributed by atoms with Crippen LogP contribution in [0.5, 0.6) is 5.75 Å². The minimum atomic E-state index is -4.82. The number of imide groups is 1. The Labute approximate surface area is 157 Å². The van der Waals surface area contributed by atoms with Crippen LogP contribution < -0.4 is 15.4 Å². The Balaban J connectivity index is 1.59. The topological polar surface area (TPSA) is 88.8 Å². The number of alkyl halides is 3.